The summed E-state index contributed by atoms with van der Waals surface area (Å²) in [6.45, 7) is 4.25. The molecule has 1 heterocycles. The third-order valence-electron chi connectivity index (χ3n) is 5.29. The molecule has 1 N–H and O–H groups in total. The average molecular weight is 409 g/mol. The van der Waals surface area contributed by atoms with Gasteiger partial charge in [-0.3, -0.25) is 4.90 Å². The second kappa shape index (κ2) is 10.1. The van der Waals surface area contributed by atoms with E-state index < -0.39 is 9.84 Å². The normalized spacial score (nSPS) is 21.0. The summed E-state index contributed by atoms with van der Waals surface area (Å²) in [5.41, 5.74) is 1.28. The van der Waals surface area contributed by atoms with E-state index in [1.807, 2.05) is 12.1 Å². The summed E-state index contributed by atoms with van der Waals surface area (Å²) in [5, 5.41) is 3.43. The van der Waals surface area contributed by atoms with Gasteiger partial charge in [0.15, 0.2) is 9.84 Å². The van der Waals surface area contributed by atoms with E-state index >= 15 is 0 Å². The van der Waals surface area contributed by atoms with Crippen molar-refractivity contribution in [1.82, 2.24) is 10.2 Å². The summed E-state index contributed by atoms with van der Waals surface area (Å²) in [7, 11) is -3.12. The first-order valence-electron chi connectivity index (χ1n) is 8.80. The van der Waals surface area contributed by atoms with E-state index in [0.717, 1.165) is 26.2 Å². The Labute approximate surface area is 164 Å². The van der Waals surface area contributed by atoms with Crippen LogP contribution in [0.2, 0.25) is 0 Å². The molecule has 0 aromatic heterocycles. The highest BCUT2D eigenvalue weighted by atomic mass is 35.5. The van der Waals surface area contributed by atoms with Gasteiger partial charge in [0.25, 0.3) is 0 Å². The topological polar surface area (TPSA) is 49.4 Å². The smallest absolute Gasteiger partial charge is 0.175 e. The molecule has 25 heavy (non-hydrogen) atoms. The van der Waals surface area contributed by atoms with Crippen molar-refractivity contribution in [1.29, 1.82) is 0 Å². The number of benzene rings is 1. The van der Waals surface area contributed by atoms with Crippen LogP contribution >= 0.6 is 24.8 Å². The highest BCUT2D eigenvalue weighted by Crippen LogP contribution is 2.38. The van der Waals surface area contributed by atoms with Gasteiger partial charge in [0, 0.05) is 38.5 Å². The number of nitrogens with one attached hydrogen (secondary N) is 1. The largest absolute Gasteiger partial charge is 0.314 e. The lowest BCUT2D eigenvalue weighted by atomic mass is 9.80. The van der Waals surface area contributed by atoms with Crippen LogP contribution in [0.4, 0.5) is 0 Å². The molecule has 1 aliphatic carbocycles. The molecule has 0 spiro atoms. The number of hydrogen-bond donors (Lipinski definition) is 1. The Kier molecular flexibility index (Phi) is 9.19. The van der Waals surface area contributed by atoms with Crippen molar-refractivity contribution >= 4 is 34.7 Å². The van der Waals surface area contributed by atoms with E-state index in [1.54, 1.807) is 12.1 Å². The molecule has 144 valence electrons. The van der Waals surface area contributed by atoms with E-state index in [9.17, 15) is 8.42 Å². The molecule has 1 aromatic rings. The maximum Gasteiger partial charge on any atom is 0.175 e. The minimum absolute atomic E-state index is 0. The molecule has 2 fully saturated rings. The van der Waals surface area contributed by atoms with E-state index in [-0.39, 0.29) is 24.8 Å². The fourth-order valence-corrected chi connectivity index (χ4v) is 4.73. The SMILES string of the molecule is CS(=O)(=O)c1ccc([C@H](C2CCCCC2)N2CCNCC2)cc1.Cl.Cl. The van der Waals surface area contributed by atoms with Gasteiger partial charge >= 0.3 is 0 Å². The molecule has 3 rings (SSSR count). The van der Waals surface area contributed by atoms with Crippen LogP contribution in [0.5, 0.6) is 0 Å². The van der Waals surface area contributed by atoms with E-state index in [0.29, 0.717) is 16.9 Å². The lowest BCUT2D eigenvalue weighted by Crippen LogP contribution is -2.47. The average Bonchev–Trinajstić information content (AvgIpc) is 2.57. The standard InChI is InChI=1S/C18H28N2O2S.2ClH/c1-23(21,22)17-9-7-16(8-10-17)18(15-5-3-2-4-6-15)20-13-11-19-12-14-20;;/h7-10,15,18-19H,2-6,11-14H2,1H3;2*1H/t18-;;/m0../s1. The highest BCUT2D eigenvalue weighted by Gasteiger charge is 2.30. The van der Waals surface area contributed by atoms with E-state index in [1.165, 1.54) is 43.9 Å². The molecular weight excluding hydrogens is 379 g/mol. The van der Waals surface area contributed by atoms with Crippen molar-refractivity contribution in [2.75, 3.05) is 32.4 Å². The van der Waals surface area contributed by atoms with Crippen LogP contribution in [0, 0.1) is 5.92 Å². The van der Waals surface area contributed by atoms with Crippen LogP contribution in [0.25, 0.3) is 0 Å². The molecule has 0 amide bonds. The Morgan fingerprint density at radius 2 is 1.56 bits per heavy atom. The maximum atomic E-state index is 11.7. The molecule has 7 heteroatoms. The lowest BCUT2D eigenvalue weighted by molar-refractivity contribution is 0.103. The number of halogens is 2. The molecule has 2 aliphatic rings. The molecule has 0 bridgehead atoms. The molecule has 1 saturated heterocycles. The van der Waals surface area contributed by atoms with Gasteiger partial charge in [-0.05, 0) is 36.5 Å². The first kappa shape index (κ1) is 22.7. The third-order valence-corrected chi connectivity index (χ3v) is 6.42. The van der Waals surface area contributed by atoms with Gasteiger partial charge in [-0.1, -0.05) is 31.4 Å². The number of rotatable bonds is 4. The summed E-state index contributed by atoms with van der Waals surface area (Å²) in [6, 6.07) is 8.08. The number of piperazine rings is 1. The van der Waals surface area contributed by atoms with Crippen molar-refractivity contribution in [2.45, 2.75) is 43.0 Å². The molecule has 1 aromatic carbocycles. The minimum Gasteiger partial charge on any atom is -0.314 e. The van der Waals surface area contributed by atoms with Crippen LogP contribution < -0.4 is 5.32 Å². The van der Waals surface area contributed by atoms with Crippen molar-refractivity contribution in [3.05, 3.63) is 29.8 Å². The van der Waals surface area contributed by atoms with Gasteiger partial charge in [0.2, 0.25) is 0 Å². The third kappa shape index (κ3) is 5.83. The second-order valence-electron chi connectivity index (χ2n) is 6.97. The van der Waals surface area contributed by atoms with Crippen molar-refractivity contribution in [2.24, 2.45) is 5.92 Å². The Morgan fingerprint density at radius 3 is 2.08 bits per heavy atom. The maximum absolute atomic E-state index is 11.7. The first-order chi connectivity index (χ1) is 11.1. The summed E-state index contributed by atoms with van der Waals surface area (Å²) in [4.78, 5) is 3.02. The zero-order valence-electron chi connectivity index (χ0n) is 14.8. The highest BCUT2D eigenvalue weighted by molar-refractivity contribution is 7.90. The fraction of sp³-hybridized carbons (Fsp3) is 0.667. The zero-order chi connectivity index (χ0) is 16.3. The van der Waals surface area contributed by atoms with Crippen LogP contribution in [-0.2, 0) is 9.84 Å². The zero-order valence-corrected chi connectivity index (χ0v) is 17.3. The van der Waals surface area contributed by atoms with Crippen molar-refractivity contribution < 1.29 is 8.42 Å². The van der Waals surface area contributed by atoms with E-state index in [4.69, 9.17) is 0 Å². The Balaban J connectivity index is 0.00000156. The van der Waals surface area contributed by atoms with Gasteiger partial charge in [-0.15, -0.1) is 24.8 Å². The van der Waals surface area contributed by atoms with Crippen molar-refractivity contribution in [3.8, 4) is 0 Å². The molecule has 1 saturated carbocycles. The van der Waals surface area contributed by atoms with Gasteiger partial charge in [0.1, 0.15) is 0 Å². The van der Waals surface area contributed by atoms with Gasteiger partial charge in [-0.2, -0.15) is 0 Å². The Hall–Kier alpha value is -0.330. The summed E-state index contributed by atoms with van der Waals surface area (Å²) in [5.74, 6) is 0.700. The monoisotopic (exact) mass is 408 g/mol. The molecule has 4 nitrogen and oxygen atoms in total. The van der Waals surface area contributed by atoms with E-state index in [2.05, 4.69) is 10.2 Å². The summed E-state index contributed by atoms with van der Waals surface area (Å²) >= 11 is 0. The minimum atomic E-state index is -3.12. The van der Waals surface area contributed by atoms with Crippen molar-refractivity contribution in [3.63, 3.8) is 0 Å². The van der Waals surface area contributed by atoms with Crippen LogP contribution in [0.3, 0.4) is 0 Å². The van der Waals surface area contributed by atoms with Crippen LogP contribution in [0.15, 0.2) is 29.2 Å². The van der Waals surface area contributed by atoms with Gasteiger partial charge in [0.05, 0.1) is 4.90 Å². The summed E-state index contributed by atoms with van der Waals surface area (Å²) < 4.78 is 23.4. The van der Waals surface area contributed by atoms with Gasteiger partial charge < -0.3 is 5.32 Å². The molecule has 0 radical (unpaired) electrons. The quantitative estimate of drug-likeness (QED) is 0.828. The first-order valence-corrected chi connectivity index (χ1v) is 10.7. The Morgan fingerprint density at radius 1 is 1.00 bits per heavy atom. The lowest BCUT2D eigenvalue weighted by Gasteiger charge is -2.41. The molecule has 1 atom stereocenters. The molecule has 1 aliphatic heterocycles. The summed E-state index contributed by atoms with van der Waals surface area (Å²) in [6.07, 6.45) is 7.88. The van der Waals surface area contributed by atoms with Crippen LogP contribution in [-0.4, -0.2) is 45.8 Å². The number of hydrogen-bond acceptors (Lipinski definition) is 4. The molecule has 0 unspecified atom stereocenters. The Bertz CT molecular complexity index is 592. The predicted octanol–water partition coefficient (Wildman–Crippen LogP) is 3.46. The van der Waals surface area contributed by atoms with Gasteiger partial charge in [-0.25, -0.2) is 8.42 Å². The molecular formula is C18H30Cl2N2O2S. The number of nitrogens with zero attached hydrogens (tertiary/aromatic N) is 1. The fourth-order valence-electron chi connectivity index (χ4n) is 4.10. The second-order valence-corrected chi connectivity index (χ2v) is 8.99. The predicted molar refractivity (Wildman–Crippen MR) is 108 cm³/mol. The number of sulfone groups is 1. The van der Waals surface area contributed by atoms with Crippen LogP contribution in [0.1, 0.15) is 43.7 Å².